The Bertz CT molecular complexity index is 806. The van der Waals surface area contributed by atoms with Crippen LogP contribution in [0.3, 0.4) is 0 Å². The number of carboxylic acid groups (broad SMARTS) is 1. The first-order valence-electron chi connectivity index (χ1n) is 8.48. The number of halogens is 1. The number of carbonyl (C=O) groups excluding carboxylic acids is 1. The molecule has 1 fully saturated rings. The number of aromatic hydroxyl groups is 1. The monoisotopic (exact) mass is 357 g/mol. The van der Waals surface area contributed by atoms with E-state index in [9.17, 15) is 24.2 Å². The minimum atomic E-state index is -0.979. The molecule has 2 atom stereocenters. The number of aryl methyl sites for hydroxylation is 1. The molecule has 1 saturated heterocycles. The molecule has 136 valence electrons. The van der Waals surface area contributed by atoms with E-state index in [2.05, 4.69) is 0 Å². The van der Waals surface area contributed by atoms with Crippen LogP contribution >= 0.6 is 0 Å². The van der Waals surface area contributed by atoms with Crippen molar-refractivity contribution < 1.29 is 24.2 Å². The molecule has 0 spiro atoms. The zero-order valence-electron chi connectivity index (χ0n) is 14.1. The normalized spacial score (nSPS) is 19.5. The highest BCUT2D eigenvalue weighted by atomic mass is 19.1. The minimum absolute atomic E-state index is 0.122. The lowest BCUT2D eigenvalue weighted by Crippen LogP contribution is -2.30. The summed E-state index contributed by atoms with van der Waals surface area (Å²) in [5.41, 5.74) is 1.53. The molecule has 3 rings (SSSR count). The van der Waals surface area contributed by atoms with Crippen molar-refractivity contribution in [1.29, 1.82) is 0 Å². The van der Waals surface area contributed by atoms with Crippen molar-refractivity contribution >= 4 is 11.9 Å². The molecule has 0 saturated carbocycles. The summed E-state index contributed by atoms with van der Waals surface area (Å²) in [5, 5.41) is 18.8. The van der Waals surface area contributed by atoms with E-state index in [4.69, 9.17) is 0 Å². The Morgan fingerprint density at radius 1 is 1.12 bits per heavy atom. The maximum atomic E-state index is 13.5. The lowest BCUT2D eigenvalue weighted by molar-refractivity contribution is -0.141. The van der Waals surface area contributed by atoms with E-state index < -0.39 is 23.6 Å². The molecule has 1 aliphatic heterocycles. The fraction of sp³-hybridized carbons (Fsp3) is 0.300. The smallest absolute Gasteiger partial charge is 0.308 e. The van der Waals surface area contributed by atoms with Gasteiger partial charge in [-0.15, -0.1) is 0 Å². The quantitative estimate of drug-likeness (QED) is 0.863. The van der Waals surface area contributed by atoms with Gasteiger partial charge in [0, 0.05) is 25.4 Å². The fourth-order valence-corrected chi connectivity index (χ4v) is 3.40. The van der Waals surface area contributed by atoms with Crippen LogP contribution in [-0.4, -0.2) is 40.1 Å². The summed E-state index contributed by atoms with van der Waals surface area (Å²) in [5.74, 6) is -2.50. The second-order valence-corrected chi connectivity index (χ2v) is 6.57. The third-order valence-electron chi connectivity index (χ3n) is 4.83. The van der Waals surface area contributed by atoms with Crippen molar-refractivity contribution in [2.45, 2.75) is 18.8 Å². The van der Waals surface area contributed by atoms with Gasteiger partial charge in [0.2, 0.25) is 5.91 Å². The molecule has 2 aromatic rings. The summed E-state index contributed by atoms with van der Waals surface area (Å²) in [4.78, 5) is 25.7. The van der Waals surface area contributed by atoms with E-state index in [1.165, 1.54) is 12.1 Å². The van der Waals surface area contributed by atoms with Crippen molar-refractivity contribution in [3.8, 4) is 5.75 Å². The van der Waals surface area contributed by atoms with Crippen molar-refractivity contribution in [2.75, 3.05) is 13.1 Å². The fourth-order valence-electron chi connectivity index (χ4n) is 3.40. The van der Waals surface area contributed by atoms with E-state index in [0.717, 1.165) is 5.56 Å². The molecule has 2 aromatic carbocycles. The van der Waals surface area contributed by atoms with Gasteiger partial charge in [0.05, 0.1) is 5.92 Å². The van der Waals surface area contributed by atoms with E-state index in [1.807, 2.05) is 0 Å². The Labute approximate surface area is 150 Å². The number of amides is 1. The highest BCUT2D eigenvalue weighted by Crippen LogP contribution is 2.33. The van der Waals surface area contributed by atoms with Gasteiger partial charge in [0.1, 0.15) is 11.6 Å². The third kappa shape index (κ3) is 4.02. The molecule has 5 nitrogen and oxygen atoms in total. The first-order chi connectivity index (χ1) is 12.4. The van der Waals surface area contributed by atoms with Crippen molar-refractivity contribution in [3.05, 3.63) is 65.5 Å². The predicted octanol–water partition coefficient (Wildman–Crippen LogP) is 2.79. The van der Waals surface area contributed by atoms with Crippen LogP contribution in [0, 0.1) is 11.7 Å². The van der Waals surface area contributed by atoms with Gasteiger partial charge in [-0.3, -0.25) is 9.59 Å². The molecule has 1 heterocycles. The van der Waals surface area contributed by atoms with Crippen LogP contribution in [0.4, 0.5) is 4.39 Å². The number of phenols is 1. The van der Waals surface area contributed by atoms with E-state index in [1.54, 1.807) is 41.3 Å². The zero-order valence-corrected chi connectivity index (χ0v) is 14.1. The van der Waals surface area contributed by atoms with Crippen LogP contribution < -0.4 is 0 Å². The van der Waals surface area contributed by atoms with Crippen molar-refractivity contribution in [3.63, 3.8) is 0 Å². The summed E-state index contributed by atoms with van der Waals surface area (Å²) in [7, 11) is 0. The number of hydrogen-bond donors (Lipinski definition) is 2. The number of carboxylic acids is 1. The first-order valence-corrected chi connectivity index (χ1v) is 8.48. The lowest BCUT2D eigenvalue weighted by atomic mass is 9.89. The average Bonchev–Trinajstić information content (AvgIpc) is 3.07. The maximum absolute atomic E-state index is 13.5. The molecule has 0 unspecified atom stereocenters. The molecular formula is C20H20FNO4. The summed E-state index contributed by atoms with van der Waals surface area (Å²) in [6.07, 6.45) is 0.769. The van der Waals surface area contributed by atoms with Gasteiger partial charge in [-0.1, -0.05) is 24.3 Å². The van der Waals surface area contributed by atoms with E-state index in [-0.39, 0.29) is 31.2 Å². The molecular weight excluding hydrogens is 337 g/mol. The first kappa shape index (κ1) is 17.9. The largest absolute Gasteiger partial charge is 0.508 e. The van der Waals surface area contributed by atoms with Crippen LogP contribution in [0.5, 0.6) is 5.75 Å². The number of phenolic OH excluding ortho intramolecular Hbond substituents is 1. The van der Waals surface area contributed by atoms with Crippen LogP contribution in [0.15, 0.2) is 48.5 Å². The van der Waals surface area contributed by atoms with E-state index in [0.29, 0.717) is 12.0 Å². The summed E-state index contributed by atoms with van der Waals surface area (Å²) < 4.78 is 13.5. The second-order valence-electron chi connectivity index (χ2n) is 6.57. The molecule has 6 heteroatoms. The van der Waals surface area contributed by atoms with Gasteiger partial charge < -0.3 is 15.1 Å². The summed E-state index contributed by atoms with van der Waals surface area (Å²) in [6, 6.07) is 12.5. The van der Waals surface area contributed by atoms with Crippen LogP contribution in [-0.2, 0) is 16.0 Å². The number of hydrogen-bond acceptors (Lipinski definition) is 3. The number of nitrogens with zero attached hydrogens (tertiary/aromatic N) is 1. The topological polar surface area (TPSA) is 77.8 Å². The van der Waals surface area contributed by atoms with Gasteiger partial charge in [0.25, 0.3) is 0 Å². The molecule has 0 aliphatic carbocycles. The lowest BCUT2D eigenvalue weighted by Gasteiger charge is -2.16. The van der Waals surface area contributed by atoms with Gasteiger partial charge in [-0.25, -0.2) is 4.39 Å². The highest BCUT2D eigenvalue weighted by Gasteiger charge is 2.40. The molecule has 1 aliphatic rings. The second kappa shape index (κ2) is 7.56. The number of aliphatic carboxylic acids is 1. The Morgan fingerprint density at radius 3 is 2.50 bits per heavy atom. The standard InChI is InChI=1S/C20H20FNO4/c21-15-3-1-2-14(10-15)17-11-22(12-18(17)20(25)26)19(24)9-6-13-4-7-16(23)8-5-13/h1-5,7-8,10,17-18,23H,6,9,11-12H2,(H,25,26)/t17-,18+/m0/s1. The van der Waals surface area contributed by atoms with Gasteiger partial charge >= 0.3 is 5.97 Å². The molecule has 26 heavy (non-hydrogen) atoms. The summed E-state index contributed by atoms with van der Waals surface area (Å²) >= 11 is 0. The Balaban J connectivity index is 1.67. The SMILES string of the molecule is O=C(O)[C@@H]1CN(C(=O)CCc2ccc(O)cc2)C[C@H]1c1cccc(F)c1. The van der Waals surface area contributed by atoms with E-state index >= 15 is 0 Å². The number of benzene rings is 2. The van der Waals surface area contributed by atoms with Crippen molar-refractivity contribution in [2.24, 2.45) is 5.92 Å². The molecule has 2 N–H and O–H groups in total. The molecule has 0 aromatic heterocycles. The highest BCUT2D eigenvalue weighted by molar-refractivity contribution is 5.80. The van der Waals surface area contributed by atoms with Crippen molar-refractivity contribution in [1.82, 2.24) is 4.90 Å². The molecule has 1 amide bonds. The Kier molecular flexibility index (Phi) is 5.21. The number of likely N-dealkylation sites (tertiary alicyclic amines) is 1. The number of rotatable bonds is 5. The van der Waals surface area contributed by atoms with Crippen LogP contribution in [0.2, 0.25) is 0 Å². The molecule has 0 radical (unpaired) electrons. The van der Waals surface area contributed by atoms with Gasteiger partial charge in [-0.05, 0) is 41.8 Å². The average molecular weight is 357 g/mol. The minimum Gasteiger partial charge on any atom is -0.508 e. The van der Waals surface area contributed by atoms with Crippen LogP contribution in [0.25, 0.3) is 0 Å². The van der Waals surface area contributed by atoms with Crippen LogP contribution in [0.1, 0.15) is 23.5 Å². The number of carbonyl (C=O) groups is 2. The maximum Gasteiger partial charge on any atom is 0.308 e. The molecule has 0 bridgehead atoms. The Morgan fingerprint density at radius 2 is 1.85 bits per heavy atom. The third-order valence-corrected chi connectivity index (χ3v) is 4.83. The predicted molar refractivity (Wildman–Crippen MR) is 93.3 cm³/mol. The Hall–Kier alpha value is -2.89. The van der Waals surface area contributed by atoms with Gasteiger partial charge in [-0.2, -0.15) is 0 Å². The zero-order chi connectivity index (χ0) is 18.7. The van der Waals surface area contributed by atoms with Gasteiger partial charge in [0.15, 0.2) is 0 Å². The summed E-state index contributed by atoms with van der Waals surface area (Å²) in [6.45, 7) is 0.403.